The molecule has 90 valence electrons. The van der Waals surface area contributed by atoms with E-state index in [-0.39, 0.29) is 12.4 Å². The topological polar surface area (TPSA) is 121 Å². The lowest BCUT2D eigenvalue weighted by Crippen LogP contribution is -2.20. The molecule has 0 saturated heterocycles. The molecule has 0 fully saturated rings. The number of carboxylic acids is 1. The van der Waals surface area contributed by atoms with Gasteiger partial charge in [0.15, 0.2) is 0 Å². The largest absolute Gasteiger partial charge is 0.475 e. The molecule has 0 aromatic carbocycles. The number of carbonyl (C=O) groups is 2. The molecule has 0 aliphatic carbocycles. The van der Waals surface area contributed by atoms with E-state index in [4.69, 9.17) is 5.11 Å². The number of carbonyl (C=O) groups excluding carboxylic acids is 1. The first-order valence-electron chi connectivity index (χ1n) is 4.42. The van der Waals surface area contributed by atoms with Crippen molar-refractivity contribution in [1.29, 1.82) is 0 Å². The molecule has 0 aliphatic rings. The third-order valence-corrected chi connectivity index (χ3v) is 1.51. The Morgan fingerprint density at radius 3 is 2.94 bits per heavy atom. The van der Waals surface area contributed by atoms with E-state index in [0.29, 0.717) is 0 Å². The highest BCUT2D eigenvalue weighted by atomic mass is 16.5. The first-order chi connectivity index (χ1) is 8.02. The number of aromatic nitrogens is 2. The third-order valence-electron chi connectivity index (χ3n) is 1.51. The number of rotatable bonds is 4. The summed E-state index contributed by atoms with van der Waals surface area (Å²) in [4.78, 5) is 38.2. The molecule has 1 aromatic rings. The normalized spacial score (nSPS) is 9.41. The molecule has 0 bridgehead atoms. The molecular weight excluding hydrogens is 230 g/mol. The molecular formula is C9H9N3O5. The summed E-state index contributed by atoms with van der Waals surface area (Å²) in [6.45, 7) is 3.32. The van der Waals surface area contributed by atoms with Crippen LogP contribution in [0.4, 0.5) is 10.6 Å². The van der Waals surface area contributed by atoms with Crippen LogP contribution in [0.5, 0.6) is 0 Å². The predicted octanol–water partition coefficient (Wildman–Crippen LogP) is 0.203. The molecule has 0 aliphatic heterocycles. The second kappa shape index (κ2) is 5.45. The van der Waals surface area contributed by atoms with Gasteiger partial charge in [-0.25, -0.2) is 14.6 Å². The summed E-state index contributed by atoms with van der Waals surface area (Å²) in [6, 6.07) is 0.932. The van der Waals surface area contributed by atoms with Crippen molar-refractivity contribution >= 4 is 17.9 Å². The van der Waals surface area contributed by atoms with E-state index >= 15 is 0 Å². The smallest absolute Gasteiger partial charge is 0.413 e. The van der Waals surface area contributed by atoms with Gasteiger partial charge < -0.3 is 14.8 Å². The van der Waals surface area contributed by atoms with Crippen LogP contribution in [-0.2, 0) is 4.74 Å². The molecule has 1 aromatic heterocycles. The van der Waals surface area contributed by atoms with E-state index < -0.39 is 23.4 Å². The fourth-order valence-electron chi connectivity index (χ4n) is 0.898. The predicted molar refractivity (Wildman–Crippen MR) is 57.0 cm³/mol. The van der Waals surface area contributed by atoms with Crippen molar-refractivity contribution in [3.63, 3.8) is 0 Å². The Balaban J connectivity index is 2.84. The maximum Gasteiger partial charge on any atom is 0.413 e. The maximum atomic E-state index is 11.1. The van der Waals surface area contributed by atoms with Crippen molar-refractivity contribution in [2.45, 2.75) is 0 Å². The summed E-state index contributed by atoms with van der Waals surface area (Å²) < 4.78 is 4.57. The highest BCUT2D eigenvalue weighted by molar-refractivity contribution is 5.86. The molecule has 1 rings (SSSR count). The second-order valence-corrected chi connectivity index (χ2v) is 2.80. The number of aromatic amines is 1. The van der Waals surface area contributed by atoms with Crippen LogP contribution in [-0.4, -0.2) is 33.7 Å². The average molecular weight is 239 g/mol. The summed E-state index contributed by atoms with van der Waals surface area (Å²) >= 11 is 0. The van der Waals surface area contributed by atoms with Crippen LogP contribution >= 0.6 is 0 Å². The lowest BCUT2D eigenvalue weighted by molar-refractivity contribution is 0.0683. The third kappa shape index (κ3) is 3.78. The number of nitrogens with one attached hydrogen (secondary N) is 2. The second-order valence-electron chi connectivity index (χ2n) is 2.80. The molecule has 0 unspecified atom stereocenters. The molecule has 1 heterocycles. The van der Waals surface area contributed by atoms with Gasteiger partial charge in [-0.05, 0) is 0 Å². The molecule has 8 nitrogen and oxygen atoms in total. The number of H-pyrrole nitrogens is 1. The van der Waals surface area contributed by atoms with Crippen molar-refractivity contribution in [2.75, 3.05) is 11.9 Å². The van der Waals surface area contributed by atoms with Crippen LogP contribution in [0, 0.1) is 0 Å². The van der Waals surface area contributed by atoms with Crippen LogP contribution in [0.15, 0.2) is 23.5 Å². The fraction of sp³-hybridized carbons (Fsp3) is 0.111. The summed E-state index contributed by atoms with van der Waals surface area (Å²) in [7, 11) is 0. The number of carboxylic acid groups (broad SMARTS) is 1. The summed E-state index contributed by atoms with van der Waals surface area (Å²) in [5.41, 5.74) is -0.698. The minimum absolute atomic E-state index is 0.0131. The van der Waals surface area contributed by atoms with E-state index in [9.17, 15) is 14.4 Å². The van der Waals surface area contributed by atoms with E-state index in [2.05, 4.69) is 21.6 Å². The van der Waals surface area contributed by atoms with E-state index in [1.54, 1.807) is 0 Å². The molecule has 1 amide bonds. The van der Waals surface area contributed by atoms with Gasteiger partial charge in [0.2, 0.25) is 5.82 Å². The van der Waals surface area contributed by atoms with Gasteiger partial charge in [-0.2, -0.15) is 0 Å². The zero-order chi connectivity index (χ0) is 12.8. The van der Waals surface area contributed by atoms with Crippen LogP contribution in [0.2, 0.25) is 0 Å². The SMILES string of the molecule is C=CCOC(=O)Nc1cc(=O)[nH]c(C(=O)O)n1. The maximum absolute atomic E-state index is 11.1. The van der Waals surface area contributed by atoms with Gasteiger partial charge in [0.25, 0.3) is 5.56 Å². The number of ether oxygens (including phenoxy) is 1. The van der Waals surface area contributed by atoms with Gasteiger partial charge in [0.05, 0.1) is 0 Å². The number of hydrogen-bond acceptors (Lipinski definition) is 5. The Labute approximate surface area is 94.9 Å². The van der Waals surface area contributed by atoms with Crippen LogP contribution in [0.1, 0.15) is 10.6 Å². The highest BCUT2D eigenvalue weighted by Gasteiger charge is 2.10. The zero-order valence-electron chi connectivity index (χ0n) is 8.60. The number of hydrogen-bond donors (Lipinski definition) is 3. The van der Waals surface area contributed by atoms with Gasteiger partial charge in [-0.15, -0.1) is 0 Å². The quantitative estimate of drug-likeness (QED) is 0.645. The molecule has 3 N–H and O–H groups in total. The molecule has 0 saturated carbocycles. The van der Waals surface area contributed by atoms with Crippen LogP contribution in [0.3, 0.4) is 0 Å². The van der Waals surface area contributed by atoms with E-state index in [1.165, 1.54) is 6.08 Å². The number of aromatic carboxylic acids is 1. The van der Waals surface area contributed by atoms with Crippen molar-refractivity contribution in [3.05, 3.63) is 34.9 Å². The molecule has 8 heteroatoms. The van der Waals surface area contributed by atoms with Crippen molar-refractivity contribution < 1.29 is 19.4 Å². The monoisotopic (exact) mass is 239 g/mol. The van der Waals surface area contributed by atoms with Gasteiger partial charge in [-0.1, -0.05) is 12.7 Å². The van der Waals surface area contributed by atoms with E-state index in [1.807, 2.05) is 4.98 Å². The van der Waals surface area contributed by atoms with Crippen LogP contribution < -0.4 is 10.9 Å². The lowest BCUT2D eigenvalue weighted by atomic mass is 10.5. The Hall–Kier alpha value is -2.64. The Kier molecular flexibility index (Phi) is 3.98. The minimum atomic E-state index is -1.41. The Bertz CT molecular complexity index is 508. The lowest BCUT2D eigenvalue weighted by Gasteiger charge is -2.04. The van der Waals surface area contributed by atoms with E-state index in [0.717, 1.165) is 6.07 Å². The van der Waals surface area contributed by atoms with Gasteiger partial charge in [0, 0.05) is 6.07 Å². The van der Waals surface area contributed by atoms with Crippen molar-refractivity contribution in [2.24, 2.45) is 0 Å². The minimum Gasteiger partial charge on any atom is -0.475 e. The van der Waals surface area contributed by atoms with Gasteiger partial charge >= 0.3 is 12.1 Å². The fourth-order valence-corrected chi connectivity index (χ4v) is 0.898. The molecule has 0 radical (unpaired) electrons. The van der Waals surface area contributed by atoms with Crippen molar-refractivity contribution in [3.8, 4) is 0 Å². The standard InChI is InChI=1S/C9H9N3O5/c1-2-3-17-9(16)11-5-4-6(13)12-7(10-5)8(14)15/h2,4H,1,3H2,(H,14,15)(H2,10,11,12,13,16). The summed E-state index contributed by atoms with van der Waals surface area (Å²) in [5, 5.41) is 10.7. The number of anilines is 1. The average Bonchev–Trinajstić information content (AvgIpc) is 2.25. The molecule has 17 heavy (non-hydrogen) atoms. The van der Waals surface area contributed by atoms with Crippen molar-refractivity contribution in [1.82, 2.24) is 9.97 Å². The summed E-state index contributed by atoms with van der Waals surface area (Å²) in [5.74, 6) is -2.19. The van der Waals surface area contributed by atoms with Gasteiger partial charge in [0.1, 0.15) is 12.4 Å². The first kappa shape index (κ1) is 12.4. The summed E-state index contributed by atoms with van der Waals surface area (Å²) in [6.07, 6.45) is 0.493. The van der Waals surface area contributed by atoms with Gasteiger partial charge in [-0.3, -0.25) is 10.1 Å². The van der Waals surface area contributed by atoms with Crippen LogP contribution in [0.25, 0.3) is 0 Å². The molecule has 0 spiro atoms. The Morgan fingerprint density at radius 2 is 2.35 bits per heavy atom. The highest BCUT2D eigenvalue weighted by Crippen LogP contribution is 1.99. The molecule has 0 atom stereocenters. The first-order valence-corrected chi connectivity index (χ1v) is 4.42. The number of nitrogens with zero attached hydrogens (tertiary/aromatic N) is 1. The Morgan fingerprint density at radius 1 is 1.65 bits per heavy atom. The number of amides is 1. The zero-order valence-corrected chi connectivity index (χ0v) is 8.60.